The first-order valence-corrected chi connectivity index (χ1v) is 7.27. The lowest BCUT2D eigenvalue weighted by molar-refractivity contribution is 0.0997. The summed E-state index contributed by atoms with van der Waals surface area (Å²) < 4.78 is 0. The highest BCUT2D eigenvalue weighted by molar-refractivity contribution is 8.13. The summed E-state index contributed by atoms with van der Waals surface area (Å²) in [6, 6.07) is 0.331. The summed E-state index contributed by atoms with van der Waals surface area (Å²) in [4.78, 5) is 4.68. The van der Waals surface area contributed by atoms with Gasteiger partial charge in [0, 0.05) is 0 Å². The smallest absolute Gasteiger partial charge is 0.183 e. The first-order chi connectivity index (χ1) is 7.78. The standard InChI is InChI=1S/C13H23N3S/c1-12(2)6-10(7-13(3,4)8-12)16-11(17-5)15-9-14/h10H,6-8H2,1-5H3,(H,15,16). The van der Waals surface area contributed by atoms with Crippen molar-refractivity contribution in [2.75, 3.05) is 6.26 Å². The summed E-state index contributed by atoms with van der Waals surface area (Å²) in [5.41, 5.74) is 0.679. The molecule has 0 atom stereocenters. The van der Waals surface area contributed by atoms with E-state index in [4.69, 9.17) is 5.26 Å². The summed E-state index contributed by atoms with van der Waals surface area (Å²) >= 11 is 1.50. The van der Waals surface area contributed by atoms with Crippen molar-refractivity contribution in [2.45, 2.75) is 53.0 Å². The minimum absolute atomic E-state index is 0.331. The van der Waals surface area contributed by atoms with Crippen LogP contribution in [0.3, 0.4) is 0 Å². The second kappa shape index (κ2) is 5.30. The van der Waals surface area contributed by atoms with E-state index in [1.165, 1.54) is 18.2 Å². The number of nitrogens with one attached hydrogen (secondary N) is 1. The second-order valence-corrected chi connectivity index (χ2v) is 7.24. The Balaban J connectivity index is 2.81. The Labute approximate surface area is 109 Å². The second-order valence-electron chi connectivity index (χ2n) is 6.44. The minimum atomic E-state index is 0.331. The number of thioether (sulfide) groups is 1. The summed E-state index contributed by atoms with van der Waals surface area (Å²) in [6.45, 7) is 9.25. The van der Waals surface area contributed by atoms with Crippen molar-refractivity contribution in [1.82, 2.24) is 5.32 Å². The van der Waals surface area contributed by atoms with Gasteiger partial charge in [-0.2, -0.15) is 5.26 Å². The molecule has 0 amide bonds. The van der Waals surface area contributed by atoms with Crippen LogP contribution in [0.1, 0.15) is 47.0 Å². The van der Waals surface area contributed by atoms with E-state index in [0.717, 1.165) is 18.0 Å². The van der Waals surface area contributed by atoms with Crippen molar-refractivity contribution in [3.8, 4) is 6.19 Å². The molecule has 1 aliphatic rings. The Kier molecular flexibility index (Phi) is 4.48. The summed E-state index contributed by atoms with van der Waals surface area (Å²) in [7, 11) is 0. The Hall–Kier alpha value is -0.690. The molecule has 0 radical (unpaired) electrons. The zero-order chi connectivity index (χ0) is 13.1. The van der Waals surface area contributed by atoms with E-state index in [1.807, 2.05) is 12.4 Å². The molecule has 0 saturated heterocycles. The van der Waals surface area contributed by atoms with Crippen molar-refractivity contribution >= 4 is 16.9 Å². The molecule has 0 unspecified atom stereocenters. The molecule has 1 rings (SSSR count). The molecule has 1 N–H and O–H groups in total. The molecule has 1 aliphatic carbocycles. The van der Waals surface area contributed by atoms with Crippen LogP contribution in [0.2, 0.25) is 0 Å². The van der Waals surface area contributed by atoms with Crippen molar-refractivity contribution in [3.05, 3.63) is 0 Å². The molecule has 17 heavy (non-hydrogen) atoms. The first kappa shape index (κ1) is 14.4. The third-order valence-electron chi connectivity index (χ3n) is 3.19. The first-order valence-electron chi connectivity index (χ1n) is 6.05. The number of nitriles is 1. The van der Waals surface area contributed by atoms with Crippen molar-refractivity contribution in [1.29, 1.82) is 5.26 Å². The highest BCUT2D eigenvalue weighted by Gasteiger charge is 2.38. The van der Waals surface area contributed by atoms with Gasteiger partial charge in [0.1, 0.15) is 0 Å². The maximum Gasteiger partial charge on any atom is 0.183 e. The SMILES string of the molecule is CSC(=NC1CC(C)(C)CC(C)(C)C1)NC#N. The van der Waals surface area contributed by atoms with Crippen LogP contribution in [-0.2, 0) is 0 Å². The van der Waals surface area contributed by atoms with Crippen LogP contribution in [0.4, 0.5) is 0 Å². The van der Waals surface area contributed by atoms with E-state index in [9.17, 15) is 0 Å². The van der Waals surface area contributed by atoms with Crippen LogP contribution in [0.5, 0.6) is 0 Å². The molecule has 0 aromatic carbocycles. The third kappa shape index (κ3) is 4.59. The maximum absolute atomic E-state index is 8.65. The Bertz CT molecular complexity index is 323. The predicted molar refractivity (Wildman–Crippen MR) is 74.9 cm³/mol. The van der Waals surface area contributed by atoms with Crippen LogP contribution >= 0.6 is 11.8 Å². The maximum atomic E-state index is 8.65. The number of aliphatic imine (C=N–C) groups is 1. The third-order valence-corrected chi connectivity index (χ3v) is 3.78. The van der Waals surface area contributed by atoms with Crippen molar-refractivity contribution < 1.29 is 0 Å². The van der Waals surface area contributed by atoms with Crippen LogP contribution in [0, 0.1) is 22.3 Å². The van der Waals surface area contributed by atoms with Crippen molar-refractivity contribution in [2.24, 2.45) is 15.8 Å². The fourth-order valence-corrected chi connectivity index (χ4v) is 3.63. The normalized spacial score (nSPS) is 24.1. The molecular formula is C13H23N3S. The van der Waals surface area contributed by atoms with Crippen LogP contribution in [0.25, 0.3) is 0 Å². The lowest BCUT2D eigenvalue weighted by Gasteiger charge is -2.43. The molecule has 1 fully saturated rings. The average molecular weight is 253 g/mol. The van der Waals surface area contributed by atoms with Crippen LogP contribution in [-0.4, -0.2) is 17.5 Å². The van der Waals surface area contributed by atoms with Crippen molar-refractivity contribution in [3.63, 3.8) is 0 Å². The van der Waals surface area contributed by atoms with Gasteiger partial charge in [0.05, 0.1) is 6.04 Å². The van der Waals surface area contributed by atoms with Gasteiger partial charge in [-0.25, -0.2) is 0 Å². The van der Waals surface area contributed by atoms with Gasteiger partial charge >= 0.3 is 0 Å². The predicted octanol–water partition coefficient (Wildman–Crippen LogP) is 3.38. The molecular weight excluding hydrogens is 230 g/mol. The van der Waals surface area contributed by atoms with Crippen LogP contribution < -0.4 is 5.32 Å². The van der Waals surface area contributed by atoms with E-state index in [0.29, 0.717) is 16.9 Å². The molecule has 1 saturated carbocycles. The van der Waals surface area contributed by atoms with E-state index >= 15 is 0 Å². The number of nitrogens with zero attached hydrogens (tertiary/aromatic N) is 2. The van der Waals surface area contributed by atoms with E-state index in [1.54, 1.807) is 0 Å². The molecule has 3 nitrogen and oxygen atoms in total. The fraction of sp³-hybridized carbons (Fsp3) is 0.846. The monoisotopic (exact) mass is 253 g/mol. The number of hydrogen-bond donors (Lipinski definition) is 1. The van der Waals surface area contributed by atoms with Gasteiger partial charge < -0.3 is 0 Å². The highest BCUT2D eigenvalue weighted by Crippen LogP contribution is 2.46. The average Bonchev–Trinajstić information content (AvgIpc) is 2.11. The molecule has 0 aliphatic heterocycles. The minimum Gasteiger partial charge on any atom is -0.272 e. The summed E-state index contributed by atoms with van der Waals surface area (Å²) in [5, 5.41) is 12.0. The van der Waals surface area contributed by atoms with E-state index in [-0.39, 0.29) is 0 Å². The molecule has 96 valence electrons. The zero-order valence-electron chi connectivity index (χ0n) is 11.5. The van der Waals surface area contributed by atoms with E-state index < -0.39 is 0 Å². The van der Waals surface area contributed by atoms with Gasteiger partial charge in [0.25, 0.3) is 0 Å². The van der Waals surface area contributed by atoms with E-state index in [2.05, 4.69) is 38.0 Å². The van der Waals surface area contributed by atoms with Crippen LogP contribution in [0.15, 0.2) is 4.99 Å². The molecule has 0 spiro atoms. The van der Waals surface area contributed by atoms with Gasteiger partial charge in [-0.15, -0.1) is 0 Å². The molecule has 0 bridgehead atoms. The Morgan fingerprint density at radius 1 is 1.29 bits per heavy atom. The molecule has 0 heterocycles. The zero-order valence-corrected chi connectivity index (χ0v) is 12.3. The molecule has 0 aromatic rings. The fourth-order valence-electron chi connectivity index (χ4n) is 3.23. The summed E-state index contributed by atoms with van der Waals surface area (Å²) in [5.74, 6) is 0. The van der Waals surface area contributed by atoms with Gasteiger partial charge in [-0.1, -0.05) is 39.5 Å². The molecule has 0 aromatic heterocycles. The number of amidine groups is 1. The van der Waals surface area contributed by atoms with Gasteiger partial charge in [0.15, 0.2) is 11.4 Å². The highest BCUT2D eigenvalue weighted by atomic mass is 32.2. The number of hydrogen-bond acceptors (Lipinski definition) is 3. The molecule has 4 heteroatoms. The lowest BCUT2D eigenvalue weighted by Crippen LogP contribution is -2.36. The van der Waals surface area contributed by atoms with Gasteiger partial charge in [0.2, 0.25) is 0 Å². The Morgan fingerprint density at radius 2 is 1.82 bits per heavy atom. The quantitative estimate of drug-likeness (QED) is 0.337. The van der Waals surface area contributed by atoms with Gasteiger partial charge in [-0.05, 0) is 36.3 Å². The summed E-state index contributed by atoms with van der Waals surface area (Å²) in [6.07, 6.45) is 7.35. The van der Waals surface area contributed by atoms with Gasteiger partial charge in [-0.3, -0.25) is 10.3 Å². The Morgan fingerprint density at radius 3 is 2.24 bits per heavy atom. The largest absolute Gasteiger partial charge is 0.272 e. The lowest BCUT2D eigenvalue weighted by atomic mass is 9.64. The number of rotatable bonds is 1. The topological polar surface area (TPSA) is 48.2 Å².